The molecule has 1 aliphatic heterocycles. The van der Waals surface area contributed by atoms with Crippen molar-refractivity contribution in [2.75, 3.05) is 4.90 Å². The molecule has 1 fully saturated rings. The minimum absolute atomic E-state index is 0.109. The first-order valence-electron chi connectivity index (χ1n) is 7.26. The van der Waals surface area contributed by atoms with Gasteiger partial charge >= 0.3 is 6.09 Å². The fourth-order valence-electron chi connectivity index (χ4n) is 2.83. The van der Waals surface area contributed by atoms with Crippen molar-refractivity contribution in [2.24, 2.45) is 0 Å². The molecular formula is C18H19NO2. The van der Waals surface area contributed by atoms with Gasteiger partial charge in [-0.2, -0.15) is 0 Å². The molecule has 108 valence electrons. The van der Waals surface area contributed by atoms with Gasteiger partial charge in [0.25, 0.3) is 0 Å². The smallest absolute Gasteiger partial charge is 0.415 e. The van der Waals surface area contributed by atoms with E-state index in [1.807, 2.05) is 61.5 Å². The van der Waals surface area contributed by atoms with Crippen LogP contribution in [0.15, 0.2) is 54.6 Å². The van der Waals surface area contributed by atoms with Crippen molar-refractivity contribution in [1.29, 1.82) is 0 Å². The summed E-state index contributed by atoms with van der Waals surface area (Å²) in [6.07, 6.45) is 0.368. The number of anilines is 1. The second-order valence-corrected chi connectivity index (χ2v) is 5.58. The van der Waals surface area contributed by atoms with Gasteiger partial charge in [0.15, 0.2) is 0 Å². The molecule has 0 bridgehead atoms. The Labute approximate surface area is 125 Å². The van der Waals surface area contributed by atoms with E-state index in [4.69, 9.17) is 4.74 Å². The lowest BCUT2D eigenvalue weighted by Gasteiger charge is -2.37. The molecule has 0 radical (unpaired) electrons. The fourth-order valence-corrected chi connectivity index (χ4v) is 2.83. The Morgan fingerprint density at radius 3 is 2.52 bits per heavy atom. The second kappa shape index (κ2) is 5.60. The predicted molar refractivity (Wildman–Crippen MR) is 83.4 cm³/mol. The predicted octanol–water partition coefficient (Wildman–Crippen LogP) is 4.47. The first kappa shape index (κ1) is 13.7. The fraction of sp³-hybridized carbons (Fsp3) is 0.278. The highest BCUT2D eigenvalue weighted by molar-refractivity contribution is 5.89. The average Bonchev–Trinajstić information content (AvgIpc) is 2.47. The normalized spacial score (nSPS) is 22.0. The van der Waals surface area contributed by atoms with Crippen molar-refractivity contribution in [3.63, 3.8) is 0 Å². The molecule has 3 rings (SSSR count). The number of rotatable bonds is 2. The van der Waals surface area contributed by atoms with Crippen LogP contribution in [0, 0.1) is 6.92 Å². The van der Waals surface area contributed by atoms with Crippen molar-refractivity contribution in [3.05, 3.63) is 65.7 Å². The van der Waals surface area contributed by atoms with Gasteiger partial charge in [0.2, 0.25) is 0 Å². The summed E-state index contributed by atoms with van der Waals surface area (Å²) in [5.74, 6) is 0. The van der Waals surface area contributed by atoms with Crippen LogP contribution in [-0.4, -0.2) is 12.1 Å². The number of aryl methyl sites for hydroxylation is 1. The van der Waals surface area contributed by atoms with E-state index in [1.165, 1.54) is 0 Å². The third-order valence-corrected chi connectivity index (χ3v) is 3.89. The van der Waals surface area contributed by atoms with Crippen LogP contribution in [0.2, 0.25) is 0 Å². The van der Waals surface area contributed by atoms with Gasteiger partial charge in [0.05, 0.1) is 0 Å². The molecule has 0 N–H and O–H groups in total. The third-order valence-electron chi connectivity index (χ3n) is 3.89. The summed E-state index contributed by atoms with van der Waals surface area (Å²) >= 11 is 0. The zero-order valence-electron chi connectivity index (χ0n) is 12.3. The molecule has 0 spiro atoms. The van der Waals surface area contributed by atoms with Crippen molar-refractivity contribution >= 4 is 11.8 Å². The minimum Gasteiger partial charge on any atom is -0.441 e. The zero-order valence-corrected chi connectivity index (χ0v) is 12.3. The van der Waals surface area contributed by atoms with Gasteiger partial charge in [0, 0.05) is 18.2 Å². The summed E-state index contributed by atoms with van der Waals surface area (Å²) in [5.41, 5.74) is 3.10. The number of nitrogens with zero attached hydrogens (tertiary/aromatic N) is 1. The highest BCUT2D eigenvalue weighted by atomic mass is 16.6. The maximum absolute atomic E-state index is 12.4. The molecule has 2 aromatic rings. The van der Waals surface area contributed by atoms with Gasteiger partial charge in [-0.3, -0.25) is 4.90 Å². The van der Waals surface area contributed by atoms with Gasteiger partial charge in [-0.05, 0) is 37.1 Å². The van der Waals surface area contributed by atoms with E-state index in [9.17, 15) is 4.79 Å². The molecule has 1 amide bonds. The van der Waals surface area contributed by atoms with E-state index < -0.39 is 0 Å². The topological polar surface area (TPSA) is 29.5 Å². The highest BCUT2D eigenvalue weighted by Crippen LogP contribution is 2.33. The van der Waals surface area contributed by atoms with Crippen LogP contribution in [0.25, 0.3) is 0 Å². The molecular weight excluding hydrogens is 262 g/mol. The zero-order chi connectivity index (χ0) is 14.8. The summed E-state index contributed by atoms with van der Waals surface area (Å²) in [7, 11) is 0. The van der Waals surface area contributed by atoms with Crippen LogP contribution in [0.4, 0.5) is 10.5 Å². The molecule has 2 aromatic carbocycles. The molecule has 0 aliphatic carbocycles. The Balaban J connectivity index is 1.84. The highest BCUT2D eigenvalue weighted by Gasteiger charge is 2.34. The monoisotopic (exact) mass is 281 g/mol. The number of carbonyl (C=O) groups excluding carboxylic acids is 1. The number of cyclic esters (lactones) is 1. The first-order valence-corrected chi connectivity index (χ1v) is 7.26. The van der Waals surface area contributed by atoms with E-state index in [0.717, 1.165) is 23.2 Å². The lowest BCUT2D eigenvalue weighted by molar-refractivity contribution is 0.0735. The molecule has 3 heteroatoms. The van der Waals surface area contributed by atoms with E-state index in [2.05, 4.69) is 6.92 Å². The van der Waals surface area contributed by atoms with Crippen LogP contribution >= 0.6 is 0 Å². The van der Waals surface area contributed by atoms with E-state index in [1.54, 1.807) is 4.90 Å². The summed E-state index contributed by atoms with van der Waals surface area (Å²) < 4.78 is 5.64. The van der Waals surface area contributed by atoms with Crippen LogP contribution in [0.1, 0.15) is 30.6 Å². The van der Waals surface area contributed by atoms with Crippen molar-refractivity contribution in [1.82, 2.24) is 0 Å². The third kappa shape index (κ3) is 2.77. The molecule has 1 heterocycles. The average molecular weight is 281 g/mol. The lowest BCUT2D eigenvalue weighted by atomic mass is 10.00. The Bertz CT molecular complexity index is 639. The number of benzene rings is 2. The van der Waals surface area contributed by atoms with Crippen LogP contribution in [0.3, 0.4) is 0 Å². The summed E-state index contributed by atoms with van der Waals surface area (Å²) in [6, 6.07) is 18.0. The molecule has 3 nitrogen and oxygen atoms in total. The standard InChI is InChI=1S/C18H19NO2/c1-13-7-6-10-16(11-13)19-14(2)12-17(21-18(19)20)15-8-4-3-5-9-15/h3-11,14,17H,12H2,1-2H3. The van der Waals surface area contributed by atoms with E-state index in [0.29, 0.717) is 0 Å². The van der Waals surface area contributed by atoms with Gasteiger partial charge in [0.1, 0.15) is 6.10 Å². The van der Waals surface area contributed by atoms with Crippen molar-refractivity contribution < 1.29 is 9.53 Å². The molecule has 1 aliphatic rings. The van der Waals surface area contributed by atoms with Gasteiger partial charge in [-0.15, -0.1) is 0 Å². The van der Waals surface area contributed by atoms with Crippen molar-refractivity contribution in [2.45, 2.75) is 32.4 Å². The molecule has 2 unspecified atom stereocenters. The molecule has 0 aromatic heterocycles. The van der Waals surface area contributed by atoms with E-state index >= 15 is 0 Å². The van der Waals surface area contributed by atoms with Crippen molar-refractivity contribution in [3.8, 4) is 0 Å². The number of ether oxygens (including phenoxy) is 1. The maximum Gasteiger partial charge on any atom is 0.415 e. The Morgan fingerprint density at radius 1 is 1.10 bits per heavy atom. The minimum atomic E-state index is -0.270. The molecule has 21 heavy (non-hydrogen) atoms. The maximum atomic E-state index is 12.4. The Morgan fingerprint density at radius 2 is 1.86 bits per heavy atom. The molecule has 2 atom stereocenters. The number of hydrogen-bond acceptors (Lipinski definition) is 2. The largest absolute Gasteiger partial charge is 0.441 e. The molecule has 1 saturated heterocycles. The number of carbonyl (C=O) groups is 1. The molecule has 0 saturated carbocycles. The van der Waals surface area contributed by atoms with Crippen LogP contribution < -0.4 is 4.90 Å². The van der Waals surface area contributed by atoms with Gasteiger partial charge in [-0.1, -0.05) is 42.5 Å². The van der Waals surface area contributed by atoms with Gasteiger partial charge in [-0.25, -0.2) is 4.79 Å². The van der Waals surface area contributed by atoms with E-state index in [-0.39, 0.29) is 18.2 Å². The number of hydrogen-bond donors (Lipinski definition) is 0. The lowest BCUT2D eigenvalue weighted by Crippen LogP contribution is -2.45. The Hall–Kier alpha value is -2.29. The second-order valence-electron chi connectivity index (χ2n) is 5.58. The van der Waals surface area contributed by atoms with Gasteiger partial charge < -0.3 is 4.74 Å². The summed E-state index contributed by atoms with van der Waals surface area (Å²) in [5, 5.41) is 0. The van der Waals surface area contributed by atoms with Crippen LogP contribution in [-0.2, 0) is 4.74 Å². The Kier molecular flexibility index (Phi) is 3.65. The SMILES string of the molecule is Cc1cccc(N2C(=O)OC(c3ccccc3)CC2C)c1. The quantitative estimate of drug-likeness (QED) is 0.812. The summed E-state index contributed by atoms with van der Waals surface area (Å²) in [6.45, 7) is 4.09. The summed E-state index contributed by atoms with van der Waals surface area (Å²) in [4.78, 5) is 14.1. The number of amides is 1. The van der Waals surface area contributed by atoms with Crippen LogP contribution in [0.5, 0.6) is 0 Å². The first-order chi connectivity index (χ1) is 10.1.